The van der Waals surface area contributed by atoms with Crippen LogP contribution < -0.4 is 10.6 Å². The molecule has 0 spiro atoms. The van der Waals surface area contributed by atoms with Gasteiger partial charge in [-0.2, -0.15) is 0 Å². The van der Waals surface area contributed by atoms with E-state index in [1.807, 2.05) is 19.1 Å². The minimum atomic E-state index is 0.696. The van der Waals surface area contributed by atoms with Crippen LogP contribution in [-0.4, -0.2) is 42.1 Å². The maximum absolute atomic E-state index is 6.08. The first kappa shape index (κ1) is 12.7. The molecule has 1 atom stereocenters. The number of anilines is 2. The van der Waals surface area contributed by atoms with Gasteiger partial charge < -0.3 is 10.6 Å². The topological polar surface area (TPSA) is 45.4 Å². The number of hydrogen-bond acceptors (Lipinski definition) is 4. The quantitative estimate of drug-likeness (QED) is 0.884. The standard InChI is InChI=1S/C15H24N4/c1-12-5-6-14(16)15(17-12)19-10-7-13(11-19)18-8-3-2-4-9-18/h5-6,13H,2-4,7-11,16H2,1H3. The van der Waals surface area contributed by atoms with Crippen molar-refractivity contribution in [2.75, 3.05) is 36.8 Å². The first-order valence-electron chi connectivity index (χ1n) is 7.46. The summed E-state index contributed by atoms with van der Waals surface area (Å²) in [4.78, 5) is 9.64. The Balaban J connectivity index is 1.69. The SMILES string of the molecule is Cc1ccc(N)c(N2CCC(N3CCCCC3)C2)n1. The Hall–Kier alpha value is -1.29. The Morgan fingerprint density at radius 3 is 2.74 bits per heavy atom. The van der Waals surface area contributed by atoms with Gasteiger partial charge >= 0.3 is 0 Å². The van der Waals surface area contributed by atoms with E-state index in [0.717, 1.165) is 30.3 Å². The Kier molecular flexibility index (Phi) is 3.60. The van der Waals surface area contributed by atoms with Crippen molar-refractivity contribution in [1.29, 1.82) is 0 Å². The van der Waals surface area contributed by atoms with E-state index in [-0.39, 0.29) is 0 Å². The molecule has 0 radical (unpaired) electrons. The third-order valence-corrected chi connectivity index (χ3v) is 4.41. The van der Waals surface area contributed by atoms with Crippen LogP contribution in [0.1, 0.15) is 31.4 Å². The fraction of sp³-hybridized carbons (Fsp3) is 0.667. The van der Waals surface area contributed by atoms with E-state index in [0.29, 0.717) is 6.04 Å². The molecular formula is C15H24N4. The number of piperidine rings is 1. The smallest absolute Gasteiger partial charge is 0.152 e. The predicted molar refractivity (Wildman–Crippen MR) is 79.4 cm³/mol. The lowest BCUT2D eigenvalue weighted by Crippen LogP contribution is -2.41. The fourth-order valence-corrected chi connectivity index (χ4v) is 3.32. The normalized spacial score (nSPS) is 24.9. The van der Waals surface area contributed by atoms with Crippen LogP contribution in [0.3, 0.4) is 0 Å². The minimum Gasteiger partial charge on any atom is -0.396 e. The molecule has 0 aromatic carbocycles. The van der Waals surface area contributed by atoms with Gasteiger partial charge in [0, 0.05) is 24.8 Å². The Morgan fingerprint density at radius 2 is 1.95 bits per heavy atom. The summed E-state index contributed by atoms with van der Waals surface area (Å²) in [6.45, 7) is 6.74. The van der Waals surface area contributed by atoms with E-state index in [1.54, 1.807) is 0 Å². The van der Waals surface area contributed by atoms with E-state index < -0.39 is 0 Å². The van der Waals surface area contributed by atoms with Gasteiger partial charge in [0.2, 0.25) is 0 Å². The van der Waals surface area contributed by atoms with Crippen molar-refractivity contribution < 1.29 is 0 Å². The van der Waals surface area contributed by atoms with Gasteiger partial charge in [0.1, 0.15) is 0 Å². The summed E-state index contributed by atoms with van der Waals surface area (Å²) >= 11 is 0. The molecule has 1 aromatic rings. The largest absolute Gasteiger partial charge is 0.396 e. The van der Waals surface area contributed by atoms with Crippen LogP contribution in [0.5, 0.6) is 0 Å². The zero-order valence-electron chi connectivity index (χ0n) is 11.8. The predicted octanol–water partition coefficient (Wildman–Crippen LogP) is 2.04. The molecule has 4 heteroatoms. The maximum Gasteiger partial charge on any atom is 0.152 e. The highest BCUT2D eigenvalue weighted by molar-refractivity contribution is 5.63. The molecule has 2 saturated heterocycles. The van der Waals surface area contributed by atoms with Crippen molar-refractivity contribution in [3.8, 4) is 0 Å². The van der Waals surface area contributed by atoms with Gasteiger partial charge in [-0.25, -0.2) is 4.98 Å². The number of hydrogen-bond donors (Lipinski definition) is 1. The minimum absolute atomic E-state index is 0.696. The number of aromatic nitrogens is 1. The van der Waals surface area contributed by atoms with E-state index in [4.69, 9.17) is 5.73 Å². The molecule has 3 heterocycles. The van der Waals surface area contributed by atoms with Gasteiger partial charge in [-0.3, -0.25) is 4.90 Å². The first-order chi connectivity index (χ1) is 9.24. The lowest BCUT2D eigenvalue weighted by Gasteiger charge is -2.32. The second kappa shape index (κ2) is 5.37. The summed E-state index contributed by atoms with van der Waals surface area (Å²) in [6, 6.07) is 4.66. The molecule has 2 aliphatic heterocycles. The zero-order chi connectivity index (χ0) is 13.2. The van der Waals surface area contributed by atoms with E-state index >= 15 is 0 Å². The molecule has 2 N–H and O–H groups in total. The maximum atomic E-state index is 6.08. The number of nitrogens with two attached hydrogens (primary N) is 1. The van der Waals surface area contributed by atoms with E-state index in [9.17, 15) is 0 Å². The summed E-state index contributed by atoms with van der Waals surface area (Å²) in [7, 11) is 0. The van der Waals surface area contributed by atoms with Crippen LogP contribution in [0.4, 0.5) is 11.5 Å². The summed E-state index contributed by atoms with van der Waals surface area (Å²) in [5.74, 6) is 0.986. The van der Waals surface area contributed by atoms with Crippen molar-refractivity contribution in [2.24, 2.45) is 0 Å². The summed E-state index contributed by atoms with van der Waals surface area (Å²) < 4.78 is 0. The second-order valence-corrected chi connectivity index (χ2v) is 5.85. The molecule has 2 fully saturated rings. The number of rotatable bonds is 2. The molecule has 1 unspecified atom stereocenters. The summed E-state index contributed by atoms with van der Waals surface area (Å²) in [6.07, 6.45) is 5.37. The summed E-state index contributed by atoms with van der Waals surface area (Å²) in [5.41, 5.74) is 7.93. The Bertz CT molecular complexity index is 440. The highest BCUT2D eigenvalue weighted by atomic mass is 15.3. The van der Waals surface area contributed by atoms with Crippen molar-refractivity contribution in [2.45, 2.75) is 38.6 Å². The molecule has 3 rings (SSSR count). The molecular weight excluding hydrogens is 236 g/mol. The number of nitrogens with zero attached hydrogens (tertiary/aromatic N) is 3. The lowest BCUT2D eigenvalue weighted by atomic mass is 10.1. The molecule has 1 aromatic heterocycles. The number of nitrogen functional groups attached to an aromatic ring is 1. The lowest BCUT2D eigenvalue weighted by molar-refractivity contribution is 0.175. The van der Waals surface area contributed by atoms with Gasteiger partial charge in [0.05, 0.1) is 5.69 Å². The molecule has 0 bridgehead atoms. The highest BCUT2D eigenvalue weighted by Crippen LogP contribution is 2.27. The van der Waals surface area contributed by atoms with Gasteiger partial charge in [-0.1, -0.05) is 6.42 Å². The van der Waals surface area contributed by atoms with Crippen molar-refractivity contribution in [3.05, 3.63) is 17.8 Å². The van der Waals surface area contributed by atoms with E-state index in [2.05, 4.69) is 14.8 Å². The number of likely N-dealkylation sites (tertiary alicyclic amines) is 1. The molecule has 2 aliphatic rings. The van der Waals surface area contributed by atoms with Crippen LogP contribution in [0, 0.1) is 6.92 Å². The Morgan fingerprint density at radius 1 is 1.16 bits per heavy atom. The highest BCUT2D eigenvalue weighted by Gasteiger charge is 2.29. The fourth-order valence-electron chi connectivity index (χ4n) is 3.32. The van der Waals surface area contributed by atoms with Crippen molar-refractivity contribution in [3.63, 3.8) is 0 Å². The van der Waals surface area contributed by atoms with Gasteiger partial charge in [-0.15, -0.1) is 0 Å². The molecule has 0 aliphatic carbocycles. The van der Waals surface area contributed by atoms with Gasteiger partial charge in [0.25, 0.3) is 0 Å². The third-order valence-electron chi connectivity index (χ3n) is 4.41. The number of aryl methyl sites for hydroxylation is 1. The molecule has 0 amide bonds. The summed E-state index contributed by atoms with van der Waals surface area (Å²) in [5, 5.41) is 0. The average Bonchev–Trinajstić information content (AvgIpc) is 2.92. The Labute approximate surface area is 115 Å². The second-order valence-electron chi connectivity index (χ2n) is 5.85. The van der Waals surface area contributed by atoms with Gasteiger partial charge in [-0.05, 0) is 51.4 Å². The molecule has 104 valence electrons. The van der Waals surface area contributed by atoms with Crippen molar-refractivity contribution in [1.82, 2.24) is 9.88 Å². The van der Waals surface area contributed by atoms with Crippen LogP contribution in [-0.2, 0) is 0 Å². The average molecular weight is 260 g/mol. The van der Waals surface area contributed by atoms with Crippen LogP contribution in [0.25, 0.3) is 0 Å². The monoisotopic (exact) mass is 260 g/mol. The molecule has 19 heavy (non-hydrogen) atoms. The van der Waals surface area contributed by atoms with E-state index in [1.165, 1.54) is 38.8 Å². The molecule has 0 saturated carbocycles. The van der Waals surface area contributed by atoms with Crippen molar-refractivity contribution >= 4 is 11.5 Å². The zero-order valence-corrected chi connectivity index (χ0v) is 11.8. The van der Waals surface area contributed by atoms with Crippen LogP contribution >= 0.6 is 0 Å². The van der Waals surface area contributed by atoms with Gasteiger partial charge in [0.15, 0.2) is 5.82 Å². The first-order valence-corrected chi connectivity index (χ1v) is 7.46. The molecule has 4 nitrogen and oxygen atoms in total. The van der Waals surface area contributed by atoms with Crippen LogP contribution in [0.2, 0.25) is 0 Å². The third kappa shape index (κ3) is 2.68. The van der Waals surface area contributed by atoms with Crippen LogP contribution in [0.15, 0.2) is 12.1 Å². The number of pyridine rings is 1.